The van der Waals surface area contributed by atoms with E-state index in [4.69, 9.17) is 0 Å². The average molecular weight is 268 g/mol. The van der Waals surface area contributed by atoms with Crippen LogP contribution in [0.15, 0.2) is 29.2 Å². The highest BCUT2D eigenvalue weighted by Crippen LogP contribution is 2.41. The van der Waals surface area contributed by atoms with Crippen LogP contribution in [-0.2, 0) is 20.0 Å². The van der Waals surface area contributed by atoms with Crippen molar-refractivity contribution in [1.82, 2.24) is 0 Å². The van der Waals surface area contributed by atoms with E-state index in [2.05, 4.69) is 0 Å². The monoisotopic (exact) mass is 268 g/mol. The fourth-order valence-corrected chi connectivity index (χ4v) is 3.26. The minimum absolute atomic E-state index is 0.227. The van der Waals surface area contributed by atoms with Gasteiger partial charge in [-0.3, -0.25) is 4.79 Å². The molecule has 2 rings (SSSR count). The van der Waals surface area contributed by atoms with Crippen molar-refractivity contribution in [3.05, 3.63) is 29.8 Å². The Labute approximate surface area is 107 Å². The smallest absolute Gasteiger partial charge is 0.314 e. The molecule has 0 atom stereocenters. The van der Waals surface area contributed by atoms with Crippen molar-refractivity contribution in [3.63, 3.8) is 0 Å². The average Bonchev–Trinajstić information content (AvgIpc) is 2.78. The number of carboxylic acids is 1. The molecule has 0 amide bonds. The first kappa shape index (κ1) is 13.1. The first-order valence-electron chi connectivity index (χ1n) is 5.90. The fraction of sp³-hybridized carbons (Fsp3) is 0.462. The summed E-state index contributed by atoms with van der Waals surface area (Å²) in [5, 5.41) is 9.43. The lowest BCUT2D eigenvalue weighted by Gasteiger charge is -2.24. The topological polar surface area (TPSA) is 71.4 Å². The van der Waals surface area contributed by atoms with Gasteiger partial charge in [-0.05, 0) is 30.5 Å². The number of hydrogen-bond donors (Lipinski definition) is 1. The second-order valence-corrected chi connectivity index (χ2v) is 6.91. The Morgan fingerprint density at radius 1 is 1.17 bits per heavy atom. The van der Waals surface area contributed by atoms with Gasteiger partial charge in [0.25, 0.3) is 0 Å². The summed E-state index contributed by atoms with van der Waals surface area (Å²) in [6.45, 7) is 0. The molecule has 1 aromatic carbocycles. The molecule has 1 fully saturated rings. The van der Waals surface area contributed by atoms with Crippen molar-refractivity contribution in [3.8, 4) is 0 Å². The third-order valence-corrected chi connectivity index (χ3v) is 4.83. The highest BCUT2D eigenvalue weighted by molar-refractivity contribution is 7.90. The molecule has 1 N–H and O–H groups in total. The van der Waals surface area contributed by atoms with Crippen molar-refractivity contribution in [1.29, 1.82) is 0 Å². The number of carbonyl (C=O) groups is 1. The van der Waals surface area contributed by atoms with Crippen LogP contribution in [0.3, 0.4) is 0 Å². The maximum absolute atomic E-state index is 11.5. The molecule has 98 valence electrons. The van der Waals surface area contributed by atoms with Crippen LogP contribution in [0.5, 0.6) is 0 Å². The van der Waals surface area contributed by atoms with E-state index >= 15 is 0 Å². The summed E-state index contributed by atoms with van der Waals surface area (Å²) in [4.78, 5) is 11.7. The summed E-state index contributed by atoms with van der Waals surface area (Å²) in [6.07, 6.45) is 4.20. The number of carboxylic acid groups (broad SMARTS) is 1. The van der Waals surface area contributed by atoms with Gasteiger partial charge in [0.05, 0.1) is 10.3 Å². The van der Waals surface area contributed by atoms with Gasteiger partial charge in [0, 0.05) is 6.26 Å². The summed E-state index contributed by atoms with van der Waals surface area (Å²) < 4.78 is 22.7. The zero-order chi connectivity index (χ0) is 13.4. The van der Waals surface area contributed by atoms with Crippen molar-refractivity contribution in [2.45, 2.75) is 36.0 Å². The molecule has 0 saturated heterocycles. The summed E-state index contributed by atoms with van der Waals surface area (Å²) in [5.41, 5.74) is -0.115. The molecule has 0 aromatic heterocycles. The van der Waals surface area contributed by atoms with E-state index in [0.29, 0.717) is 18.4 Å². The Bertz CT molecular complexity index is 551. The molecule has 4 nitrogen and oxygen atoms in total. The first-order chi connectivity index (χ1) is 8.36. The van der Waals surface area contributed by atoms with E-state index in [1.807, 2.05) is 0 Å². The van der Waals surface area contributed by atoms with Crippen molar-refractivity contribution in [2.75, 3.05) is 6.26 Å². The van der Waals surface area contributed by atoms with E-state index in [1.54, 1.807) is 12.1 Å². The van der Waals surface area contributed by atoms with E-state index in [0.717, 1.165) is 19.1 Å². The van der Waals surface area contributed by atoms with Gasteiger partial charge in [0.15, 0.2) is 9.84 Å². The summed E-state index contributed by atoms with van der Waals surface area (Å²) in [7, 11) is -3.23. The van der Waals surface area contributed by atoms with Crippen LogP contribution in [0.2, 0.25) is 0 Å². The van der Waals surface area contributed by atoms with Crippen LogP contribution in [0.25, 0.3) is 0 Å². The molecule has 5 heteroatoms. The van der Waals surface area contributed by atoms with Crippen LogP contribution in [0.1, 0.15) is 31.2 Å². The van der Waals surface area contributed by atoms with Crippen molar-refractivity contribution < 1.29 is 18.3 Å². The van der Waals surface area contributed by atoms with Gasteiger partial charge in [0.2, 0.25) is 0 Å². The van der Waals surface area contributed by atoms with E-state index in [9.17, 15) is 18.3 Å². The van der Waals surface area contributed by atoms with Crippen LogP contribution in [0, 0.1) is 0 Å². The van der Waals surface area contributed by atoms with Crippen LogP contribution in [-0.4, -0.2) is 25.7 Å². The van der Waals surface area contributed by atoms with Gasteiger partial charge in [-0.15, -0.1) is 0 Å². The highest BCUT2D eigenvalue weighted by Gasteiger charge is 2.42. The second kappa shape index (κ2) is 4.39. The normalized spacial score (nSPS) is 18.7. The maximum Gasteiger partial charge on any atom is 0.314 e. The van der Waals surface area contributed by atoms with Crippen LogP contribution in [0.4, 0.5) is 0 Å². The molecule has 1 saturated carbocycles. The number of aliphatic carboxylic acids is 1. The Balaban J connectivity index is 2.42. The zero-order valence-electron chi connectivity index (χ0n) is 10.2. The first-order valence-corrected chi connectivity index (χ1v) is 7.79. The van der Waals surface area contributed by atoms with Crippen molar-refractivity contribution >= 4 is 15.8 Å². The van der Waals surface area contributed by atoms with E-state index in [-0.39, 0.29) is 4.90 Å². The van der Waals surface area contributed by atoms with Gasteiger partial charge >= 0.3 is 5.97 Å². The molecule has 0 aliphatic heterocycles. The SMILES string of the molecule is CS(=O)(=O)c1ccc(C2(C(=O)O)CCCC2)cc1. The third-order valence-electron chi connectivity index (χ3n) is 3.70. The Hall–Kier alpha value is -1.36. The van der Waals surface area contributed by atoms with Gasteiger partial charge in [-0.25, -0.2) is 8.42 Å². The number of rotatable bonds is 3. The Morgan fingerprint density at radius 3 is 2.06 bits per heavy atom. The fourth-order valence-electron chi connectivity index (χ4n) is 2.63. The molecule has 1 aliphatic rings. The van der Waals surface area contributed by atoms with Gasteiger partial charge < -0.3 is 5.11 Å². The van der Waals surface area contributed by atoms with E-state index in [1.165, 1.54) is 12.1 Å². The number of benzene rings is 1. The van der Waals surface area contributed by atoms with E-state index < -0.39 is 21.2 Å². The van der Waals surface area contributed by atoms with Gasteiger partial charge in [-0.2, -0.15) is 0 Å². The predicted molar refractivity (Wildman–Crippen MR) is 67.3 cm³/mol. The molecule has 0 spiro atoms. The lowest BCUT2D eigenvalue weighted by Crippen LogP contribution is -2.32. The van der Waals surface area contributed by atoms with Gasteiger partial charge in [0.1, 0.15) is 0 Å². The molecule has 0 bridgehead atoms. The van der Waals surface area contributed by atoms with Gasteiger partial charge in [-0.1, -0.05) is 25.0 Å². The minimum atomic E-state index is -3.23. The summed E-state index contributed by atoms with van der Waals surface area (Å²) >= 11 is 0. The molecule has 0 unspecified atom stereocenters. The zero-order valence-corrected chi connectivity index (χ0v) is 11.0. The molecule has 1 aromatic rings. The maximum atomic E-state index is 11.5. The lowest BCUT2D eigenvalue weighted by atomic mass is 9.79. The molecule has 18 heavy (non-hydrogen) atoms. The lowest BCUT2D eigenvalue weighted by molar-refractivity contribution is -0.143. The number of sulfone groups is 1. The highest BCUT2D eigenvalue weighted by atomic mass is 32.2. The quantitative estimate of drug-likeness (QED) is 0.910. The van der Waals surface area contributed by atoms with Crippen LogP contribution < -0.4 is 0 Å². The standard InChI is InChI=1S/C13H16O4S/c1-18(16,17)11-6-4-10(5-7-11)13(12(14)15)8-2-3-9-13/h4-7H,2-3,8-9H2,1H3,(H,14,15). The minimum Gasteiger partial charge on any atom is -0.481 e. The summed E-state index contributed by atoms with van der Waals surface area (Å²) in [6, 6.07) is 6.26. The van der Waals surface area contributed by atoms with Crippen molar-refractivity contribution in [2.24, 2.45) is 0 Å². The molecule has 1 aliphatic carbocycles. The predicted octanol–water partition coefficient (Wildman–Crippen LogP) is 1.99. The molecule has 0 radical (unpaired) electrons. The molecular formula is C13H16O4S. The van der Waals surface area contributed by atoms with Crippen LogP contribution >= 0.6 is 0 Å². The third kappa shape index (κ3) is 2.14. The molecule has 0 heterocycles. The Kier molecular flexibility index (Phi) is 3.19. The largest absolute Gasteiger partial charge is 0.481 e. The molecular weight excluding hydrogens is 252 g/mol. The number of hydrogen-bond acceptors (Lipinski definition) is 3. The summed E-state index contributed by atoms with van der Waals surface area (Å²) in [5.74, 6) is -0.813. The second-order valence-electron chi connectivity index (χ2n) is 4.89. The Morgan fingerprint density at radius 2 is 1.67 bits per heavy atom.